The Morgan fingerprint density at radius 2 is 2.17 bits per heavy atom. The van der Waals surface area contributed by atoms with Crippen LogP contribution in [0.4, 0.5) is 10.1 Å². The summed E-state index contributed by atoms with van der Waals surface area (Å²) < 4.78 is 17.8. The summed E-state index contributed by atoms with van der Waals surface area (Å²) in [4.78, 5) is 12.0. The third-order valence-corrected chi connectivity index (χ3v) is 4.66. The molecule has 1 aliphatic rings. The number of nitrogens with one attached hydrogen (secondary N) is 1. The molecule has 1 N–H and O–H groups in total. The molecule has 2 unspecified atom stereocenters. The second kappa shape index (κ2) is 5.18. The highest BCUT2D eigenvalue weighted by atomic mass is 32.2. The van der Waals surface area contributed by atoms with E-state index in [4.69, 9.17) is 4.74 Å². The molecule has 0 aliphatic carbocycles. The number of thioether (sulfide) groups is 1. The van der Waals surface area contributed by atoms with Crippen LogP contribution in [-0.4, -0.2) is 29.6 Å². The molecule has 0 aromatic heterocycles. The number of benzene rings is 1. The van der Waals surface area contributed by atoms with E-state index in [0.29, 0.717) is 6.42 Å². The fraction of sp³-hybridized carbons (Fsp3) is 0.462. The van der Waals surface area contributed by atoms with Gasteiger partial charge < -0.3 is 10.1 Å². The summed E-state index contributed by atoms with van der Waals surface area (Å²) in [5.74, 6) is 0.357. The van der Waals surface area contributed by atoms with Crippen LogP contribution < -0.4 is 5.32 Å². The lowest BCUT2D eigenvalue weighted by atomic mass is 9.92. The molecule has 0 amide bonds. The highest BCUT2D eigenvalue weighted by Gasteiger charge is 2.48. The number of anilines is 1. The van der Waals surface area contributed by atoms with E-state index >= 15 is 0 Å². The van der Waals surface area contributed by atoms with Crippen molar-refractivity contribution in [3.05, 3.63) is 30.1 Å². The maximum absolute atomic E-state index is 12.9. The standard InChI is InChI=1S/C13H16FNO2S/c1-9-13(7-8-18-9,12(16)17-2)15-11-5-3-10(14)4-6-11/h3-6,9,15H,7-8H2,1-2H3. The van der Waals surface area contributed by atoms with E-state index in [-0.39, 0.29) is 17.0 Å². The number of rotatable bonds is 3. The molecule has 0 saturated carbocycles. The lowest BCUT2D eigenvalue weighted by Crippen LogP contribution is -2.51. The van der Waals surface area contributed by atoms with Crippen molar-refractivity contribution in [2.45, 2.75) is 24.1 Å². The molecule has 1 aromatic carbocycles. The molecule has 5 heteroatoms. The van der Waals surface area contributed by atoms with Crippen molar-refractivity contribution in [2.24, 2.45) is 0 Å². The van der Waals surface area contributed by atoms with Crippen LogP contribution in [0.3, 0.4) is 0 Å². The van der Waals surface area contributed by atoms with Gasteiger partial charge in [-0.2, -0.15) is 11.8 Å². The van der Waals surface area contributed by atoms with Gasteiger partial charge in [0.1, 0.15) is 11.4 Å². The average molecular weight is 269 g/mol. The maximum atomic E-state index is 12.9. The first kappa shape index (κ1) is 13.2. The Morgan fingerprint density at radius 1 is 1.50 bits per heavy atom. The number of halogens is 1. The molecule has 2 atom stereocenters. The van der Waals surface area contributed by atoms with Crippen molar-refractivity contribution in [3.63, 3.8) is 0 Å². The van der Waals surface area contributed by atoms with Crippen LogP contribution >= 0.6 is 11.8 Å². The second-order valence-electron chi connectivity index (χ2n) is 4.36. The third kappa shape index (κ3) is 2.32. The molecule has 0 bridgehead atoms. The summed E-state index contributed by atoms with van der Waals surface area (Å²) in [7, 11) is 1.39. The molecular weight excluding hydrogens is 253 g/mol. The Morgan fingerprint density at radius 3 is 2.67 bits per heavy atom. The lowest BCUT2D eigenvalue weighted by molar-refractivity contribution is -0.145. The fourth-order valence-corrected chi connectivity index (χ4v) is 3.55. The minimum Gasteiger partial charge on any atom is -0.467 e. The molecule has 1 aromatic rings. The third-order valence-electron chi connectivity index (χ3n) is 3.32. The Bertz CT molecular complexity index is 437. The Kier molecular flexibility index (Phi) is 3.80. The highest BCUT2D eigenvalue weighted by Crippen LogP contribution is 2.39. The number of methoxy groups -OCH3 is 1. The molecule has 98 valence electrons. The molecular formula is C13H16FNO2S. The SMILES string of the molecule is COC(=O)C1(Nc2ccc(F)cc2)CCSC1C. The molecule has 3 nitrogen and oxygen atoms in total. The summed E-state index contributed by atoms with van der Waals surface area (Å²) in [6.07, 6.45) is 0.711. The zero-order valence-electron chi connectivity index (χ0n) is 10.4. The first-order chi connectivity index (χ1) is 8.58. The van der Waals surface area contributed by atoms with Gasteiger partial charge in [-0.15, -0.1) is 0 Å². The number of hydrogen-bond acceptors (Lipinski definition) is 4. The Labute approximate surface area is 110 Å². The van der Waals surface area contributed by atoms with Gasteiger partial charge in [-0.25, -0.2) is 9.18 Å². The van der Waals surface area contributed by atoms with E-state index < -0.39 is 5.54 Å². The van der Waals surface area contributed by atoms with Gasteiger partial charge in [0.15, 0.2) is 0 Å². The van der Waals surface area contributed by atoms with E-state index in [2.05, 4.69) is 5.32 Å². The zero-order chi connectivity index (χ0) is 13.2. The summed E-state index contributed by atoms with van der Waals surface area (Å²) in [6, 6.07) is 6.02. The quantitative estimate of drug-likeness (QED) is 0.856. The van der Waals surface area contributed by atoms with E-state index in [9.17, 15) is 9.18 Å². The van der Waals surface area contributed by atoms with Crippen molar-refractivity contribution in [2.75, 3.05) is 18.2 Å². The number of ether oxygens (including phenoxy) is 1. The van der Waals surface area contributed by atoms with Crippen molar-refractivity contribution in [1.82, 2.24) is 0 Å². The minimum atomic E-state index is -0.711. The van der Waals surface area contributed by atoms with E-state index in [1.54, 1.807) is 23.9 Å². The van der Waals surface area contributed by atoms with Gasteiger partial charge in [-0.3, -0.25) is 0 Å². The first-order valence-electron chi connectivity index (χ1n) is 5.82. The number of esters is 1. The van der Waals surface area contributed by atoms with Gasteiger partial charge in [0.05, 0.1) is 7.11 Å². The largest absolute Gasteiger partial charge is 0.467 e. The lowest BCUT2D eigenvalue weighted by Gasteiger charge is -2.32. The molecule has 0 radical (unpaired) electrons. The number of carbonyl (C=O) groups excluding carboxylic acids is 1. The Hall–Kier alpha value is -1.23. The van der Waals surface area contributed by atoms with Gasteiger partial charge in [0.25, 0.3) is 0 Å². The van der Waals surface area contributed by atoms with E-state index in [1.165, 1.54) is 19.2 Å². The predicted octanol–water partition coefficient (Wildman–Crippen LogP) is 2.67. The summed E-state index contributed by atoms with van der Waals surface area (Å²) in [5.41, 5.74) is 0.0215. The van der Waals surface area contributed by atoms with Crippen LogP contribution in [0.25, 0.3) is 0 Å². The van der Waals surface area contributed by atoms with Crippen molar-refractivity contribution < 1.29 is 13.9 Å². The normalized spacial score (nSPS) is 26.9. The van der Waals surface area contributed by atoms with Crippen molar-refractivity contribution in [1.29, 1.82) is 0 Å². The van der Waals surface area contributed by atoms with Gasteiger partial charge >= 0.3 is 5.97 Å². The van der Waals surface area contributed by atoms with Crippen LogP contribution in [0.2, 0.25) is 0 Å². The van der Waals surface area contributed by atoms with Crippen molar-refractivity contribution >= 4 is 23.4 Å². The molecule has 18 heavy (non-hydrogen) atoms. The highest BCUT2D eigenvalue weighted by molar-refractivity contribution is 8.00. The van der Waals surface area contributed by atoms with E-state index in [0.717, 1.165) is 11.4 Å². The van der Waals surface area contributed by atoms with Crippen LogP contribution in [0.1, 0.15) is 13.3 Å². The first-order valence-corrected chi connectivity index (χ1v) is 6.87. The van der Waals surface area contributed by atoms with Gasteiger partial charge in [-0.05, 0) is 36.4 Å². The van der Waals surface area contributed by atoms with Crippen molar-refractivity contribution in [3.8, 4) is 0 Å². The fourth-order valence-electron chi connectivity index (χ4n) is 2.20. The number of carbonyl (C=O) groups is 1. The van der Waals surface area contributed by atoms with Crippen LogP contribution in [0.15, 0.2) is 24.3 Å². The number of hydrogen-bond donors (Lipinski definition) is 1. The average Bonchev–Trinajstić information content (AvgIpc) is 2.74. The van der Waals surface area contributed by atoms with Gasteiger partial charge in [0, 0.05) is 10.9 Å². The Balaban J connectivity index is 2.26. The topological polar surface area (TPSA) is 38.3 Å². The molecule has 1 aliphatic heterocycles. The molecule has 1 heterocycles. The molecule has 2 rings (SSSR count). The molecule has 1 fully saturated rings. The molecule has 0 spiro atoms. The van der Waals surface area contributed by atoms with Crippen LogP contribution in [-0.2, 0) is 9.53 Å². The summed E-state index contributed by atoms with van der Waals surface area (Å²) in [5, 5.41) is 3.34. The predicted molar refractivity (Wildman–Crippen MR) is 71.3 cm³/mol. The van der Waals surface area contributed by atoms with Crippen LogP contribution in [0, 0.1) is 5.82 Å². The zero-order valence-corrected chi connectivity index (χ0v) is 11.2. The summed E-state index contributed by atoms with van der Waals surface area (Å²) >= 11 is 1.73. The van der Waals surface area contributed by atoms with Gasteiger partial charge in [0.2, 0.25) is 0 Å². The van der Waals surface area contributed by atoms with E-state index in [1.807, 2.05) is 6.92 Å². The summed E-state index contributed by atoms with van der Waals surface area (Å²) in [6.45, 7) is 2.01. The monoisotopic (exact) mass is 269 g/mol. The smallest absolute Gasteiger partial charge is 0.332 e. The van der Waals surface area contributed by atoms with Gasteiger partial charge in [-0.1, -0.05) is 6.92 Å². The molecule has 1 saturated heterocycles. The minimum absolute atomic E-state index is 0.120. The van der Waals surface area contributed by atoms with Crippen LogP contribution in [0.5, 0.6) is 0 Å². The maximum Gasteiger partial charge on any atom is 0.332 e. The second-order valence-corrected chi connectivity index (χ2v) is 5.81.